The van der Waals surface area contributed by atoms with Crippen LogP contribution in [0.1, 0.15) is 48.5 Å². The predicted octanol–water partition coefficient (Wildman–Crippen LogP) is 4.85. The first-order valence-corrected chi connectivity index (χ1v) is 9.31. The summed E-state index contributed by atoms with van der Waals surface area (Å²) >= 11 is 0. The number of halogens is 3. The Bertz CT molecular complexity index is 1060. The summed E-state index contributed by atoms with van der Waals surface area (Å²) in [6, 6.07) is 2.86. The molecule has 0 fully saturated rings. The number of alkyl halides is 3. The molecule has 2 aromatic rings. The van der Waals surface area contributed by atoms with E-state index in [1.54, 1.807) is 6.92 Å². The largest absolute Gasteiger partial charge is 0.496 e. The highest BCUT2D eigenvalue weighted by molar-refractivity contribution is 5.97. The number of carboxylic acids is 1. The van der Waals surface area contributed by atoms with E-state index in [4.69, 9.17) is 18.9 Å². The molecule has 0 atom stereocenters. The fraction of sp³-hybridized carbons (Fsp3) is 0.364. The van der Waals surface area contributed by atoms with E-state index in [0.29, 0.717) is 11.3 Å². The highest BCUT2D eigenvalue weighted by atomic mass is 19.4. The summed E-state index contributed by atoms with van der Waals surface area (Å²) in [5, 5.41) is 9.39. The van der Waals surface area contributed by atoms with Gasteiger partial charge in [0, 0.05) is 13.2 Å². The van der Waals surface area contributed by atoms with E-state index in [1.807, 2.05) is 0 Å². The second-order valence-electron chi connectivity index (χ2n) is 7.01. The van der Waals surface area contributed by atoms with Crippen LogP contribution >= 0.6 is 0 Å². The zero-order valence-electron chi connectivity index (χ0n) is 18.4. The summed E-state index contributed by atoms with van der Waals surface area (Å²) < 4.78 is 62.2. The fourth-order valence-corrected chi connectivity index (χ4v) is 3.41. The van der Waals surface area contributed by atoms with Crippen LogP contribution in [0.25, 0.3) is 0 Å². The maximum Gasteiger partial charge on any atom is 0.420 e. The third-order valence-electron chi connectivity index (χ3n) is 4.99. The van der Waals surface area contributed by atoms with Crippen molar-refractivity contribution in [2.24, 2.45) is 0 Å². The minimum Gasteiger partial charge on any atom is -0.496 e. The maximum absolute atomic E-state index is 13.9. The summed E-state index contributed by atoms with van der Waals surface area (Å²) in [6.07, 6.45) is -4.96. The molecule has 0 aliphatic heterocycles. The Labute approximate surface area is 182 Å². The lowest BCUT2D eigenvalue weighted by atomic mass is 9.92. The molecule has 0 amide bonds. The van der Waals surface area contributed by atoms with Crippen molar-refractivity contribution in [3.8, 4) is 17.2 Å². The molecule has 0 saturated carbocycles. The van der Waals surface area contributed by atoms with Crippen LogP contribution in [-0.4, -0.2) is 38.1 Å². The summed E-state index contributed by atoms with van der Waals surface area (Å²) in [4.78, 5) is 24.5. The number of aryl methyl sites for hydroxylation is 1. The molecule has 0 heterocycles. The zero-order valence-corrected chi connectivity index (χ0v) is 18.4. The first-order chi connectivity index (χ1) is 14.8. The van der Waals surface area contributed by atoms with E-state index in [-0.39, 0.29) is 29.2 Å². The Morgan fingerprint density at radius 2 is 1.59 bits per heavy atom. The molecule has 2 rings (SSSR count). The molecule has 0 spiro atoms. The molecule has 0 aliphatic rings. The van der Waals surface area contributed by atoms with Crippen molar-refractivity contribution in [1.82, 2.24) is 0 Å². The Hall–Kier alpha value is -3.27. The van der Waals surface area contributed by atoms with Gasteiger partial charge in [0.25, 0.3) is 0 Å². The van der Waals surface area contributed by atoms with E-state index in [1.165, 1.54) is 40.2 Å². The number of hydrogen-bond acceptors (Lipinski definition) is 6. The quantitative estimate of drug-likeness (QED) is 0.362. The number of ether oxygens (including phenoxy) is 4. The standard InChI is InChI=1S/C22H23F3O7/c1-10-7-14(31-9-29-5)8-15(30-6)16(10)21(28)32-19-12(3)11(2)17(20(26)27)13(4)18(19)22(23,24)25/h7-8H,9H2,1-6H3,(H,26,27). The molecule has 0 saturated heterocycles. The van der Waals surface area contributed by atoms with Gasteiger partial charge in [0.15, 0.2) is 6.79 Å². The SMILES string of the molecule is COCOc1cc(C)c(C(=O)Oc2c(C)c(C)c(C(=O)O)c(C)c2C(F)(F)F)c(OC)c1. The highest BCUT2D eigenvalue weighted by Gasteiger charge is 2.40. The van der Waals surface area contributed by atoms with Crippen LogP contribution in [0.4, 0.5) is 13.2 Å². The maximum atomic E-state index is 13.9. The molecular weight excluding hydrogens is 433 g/mol. The molecule has 2 aromatic carbocycles. The fourth-order valence-electron chi connectivity index (χ4n) is 3.41. The van der Waals surface area contributed by atoms with Crippen molar-refractivity contribution >= 4 is 11.9 Å². The van der Waals surface area contributed by atoms with Gasteiger partial charge in [-0.1, -0.05) is 0 Å². The van der Waals surface area contributed by atoms with Gasteiger partial charge < -0.3 is 24.1 Å². The number of aromatic carboxylic acids is 1. The van der Waals surface area contributed by atoms with Crippen LogP contribution in [0.3, 0.4) is 0 Å². The van der Waals surface area contributed by atoms with Gasteiger partial charge >= 0.3 is 18.1 Å². The number of methoxy groups -OCH3 is 2. The van der Waals surface area contributed by atoms with Crippen LogP contribution < -0.4 is 14.2 Å². The van der Waals surface area contributed by atoms with Gasteiger partial charge in [0.1, 0.15) is 28.4 Å². The second-order valence-corrected chi connectivity index (χ2v) is 7.01. The minimum atomic E-state index is -4.96. The summed E-state index contributed by atoms with van der Waals surface area (Å²) in [5.74, 6) is -2.99. The van der Waals surface area contributed by atoms with Gasteiger partial charge in [0.2, 0.25) is 0 Å². The van der Waals surface area contributed by atoms with E-state index in [9.17, 15) is 27.9 Å². The van der Waals surface area contributed by atoms with Gasteiger partial charge in [-0.25, -0.2) is 9.59 Å². The highest BCUT2D eigenvalue weighted by Crippen LogP contribution is 2.44. The molecule has 0 radical (unpaired) electrons. The number of carbonyl (C=O) groups is 2. The average molecular weight is 456 g/mol. The lowest BCUT2D eigenvalue weighted by Crippen LogP contribution is -2.20. The van der Waals surface area contributed by atoms with Crippen molar-refractivity contribution in [3.63, 3.8) is 0 Å². The van der Waals surface area contributed by atoms with Crippen molar-refractivity contribution in [2.45, 2.75) is 33.9 Å². The topological polar surface area (TPSA) is 91.3 Å². The van der Waals surface area contributed by atoms with Gasteiger partial charge in [-0.05, 0) is 56.0 Å². The van der Waals surface area contributed by atoms with Gasteiger partial charge in [-0.15, -0.1) is 0 Å². The molecule has 174 valence electrons. The third-order valence-corrected chi connectivity index (χ3v) is 4.99. The van der Waals surface area contributed by atoms with Crippen molar-refractivity contribution < 1.29 is 46.8 Å². The van der Waals surface area contributed by atoms with Crippen LogP contribution in [0.5, 0.6) is 17.2 Å². The van der Waals surface area contributed by atoms with Crippen molar-refractivity contribution in [2.75, 3.05) is 21.0 Å². The second kappa shape index (κ2) is 9.47. The Morgan fingerprint density at radius 3 is 2.09 bits per heavy atom. The van der Waals surface area contributed by atoms with Gasteiger partial charge in [0.05, 0.1) is 12.7 Å². The smallest absolute Gasteiger partial charge is 0.420 e. The number of esters is 1. The molecule has 1 N–H and O–H groups in total. The van der Waals surface area contributed by atoms with E-state index in [2.05, 4.69) is 0 Å². The van der Waals surface area contributed by atoms with Crippen LogP contribution in [-0.2, 0) is 10.9 Å². The first kappa shape index (κ1) is 25.0. The number of rotatable bonds is 7. The third kappa shape index (κ3) is 4.80. The summed E-state index contributed by atoms with van der Waals surface area (Å²) in [6.45, 7) is 5.14. The summed E-state index contributed by atoms with van der Waals surface area (Å²) in [7, 11) is 2.71. The Kier molecular flexibility index (Phi) is 7.40. The van der Waals surface area contributed by atoms with E-state index in [0.717, 1.165) is 6.92 Å². The van der Waals surface area contributed by atoms with Gasteiger partial charge in [-0.2, -0.15) is 13.2 Å². The Balaban J connectivity index is 2.65. The number of carbonyl (C=O) groups excluding carboxylic acids is 1. The van der Waals surface area contributed by atoms with Crippen LogP contribution in [0, 0.1) is 27.7 Å². The lowest BCUT2D eigenvalue weighted by Gasteiger charge is -2.22. The number of benzene rings is 2. The van der Waals surface area contributed by atoms with Crippen LogP contribution in [0.2, 0.25) is 0 Å². The van der Waals surface area contributed by atoms with Crippen molar-refractivity contribution in [1.29, 1.82) is 0 Å². The molecule has 0 bridgehead atoms. The monoisotopic (exact) mass is 456 g/mol. The Morgan fingerprint density at radius 1 is 0.969 bits per heavy atom. The molecule has 32 heavy (non-hydrogen) atoms. The van der Waals surface area contributed by atoms with Gasteiger partial charge in [-0.3, -0.25) is 0 Å². The molecule has 10 heteroatoms. The average Bonchev–Trinajstić information content (AvgIpc) is 2.68. The number of hydrogen-bond donors (Lipinski definition) is 1. The molecule has 7 nitrogen and oxygen atoms in total. The molecule has 0 aliphatic carbocycles. The normalized spacial score (nSPS) is 11.3. The summed E-state index contributed by atoms with van der Waals surface area (Å²) in [5.41, 5.74) is -2.14. The number of carboxylic acid groups (broad SMARTS) is 1. The first-order valence-electron chi connectivity index (χ1n) is 9.31. The zero-order chi connectivity index (χ0) is 24.4. The molecule has 0 unspecified atom stereocenters. The van der Waals surface area contributed by atoms with E-state index < -0.39 is 40.6 Å². The van der Waals surface area contributed by atoms with Crippen LogP contribution in [0.15, 0.2) is 12.1 Å². The van der Waals surface area contributed by atoms with E-state index >= 15 is 0 Å². The predicted molar refractivity (Wildman–Crippen MR) is 108 cm³/mol. The van der Waals surface area contributed by atoms with Crippen molar-refractivity contribution in [3.05, 3.63) is 51.1 Å². The minimum absolute atomic E-state index is 0.0305. The lowest BCUT2D eigenvalue weighted by molar-refractivity contribution is -0.139. The molecule has 0 aromatic heterocycles. The molecular formula is C22H23F3O7.